The highest BCUT2D eigenvalue weighted by Gasteiger charge is 2.03. The quantitative estimate of drug-likeness (QED) is 0.878. The van der Waals surface area contributed by atoms with Crippen molar-refractivity contribution in [3.05, 3.63) is 64.7 Å². The third-order valence-corrected chi connectivity index (χ3v) is 3.20. The molecule has 2 aromatic rings. The Morgan fingerprint density at radius 3 is 2.35 bits per heavy atom. The number of nitrogens with two attached hydrogens (primary N) is 1. The molecule has 0 saturated heterocycles. The van der Waals surface area contributed by atoms with E-state index in [0.717, 1.165) is 23.6 Å². The molecule has 108 valence electrons. The minimum atomic E-state index is 0. The standard InChI is InChI=1S/C16H18ClNO.ClH/c17-15-9-6-13(7-10-15)5-8-14-3-1-2-4-16(14)19-12-11-18;/h1-4,6-7,9-10H,5,8,11-12,18H2;1H. The summed E-state index contributed by atoms with van der Waals surface area (Å²) in [6.07, 6.45) is 1.92. The van der Waals surface area contributed by atoms with Gasteiger partial charge in [-0.25, -0.2) is 0 Å². The predicted molar refractivity (Wildman–Crippen MR) is 87.1 cm³/mol. The van der Waals surface area contributed by atoms with Crippen LogP contribution >= 0.6 is 24.0 Å². The van der Waals surface area contributed by atoms with Crippen LogP contribution in [0.15, 0.2) is 48.5 Å². The van der Waals surface area contributed by atoms with E-state index in [9.17, 15) is 0 Å². The number of ether oxygens (including phenoxy) is 1. The molecule has 20 heavy (non-hydrogen) atoms. The van der Waals surface area contributed by atoms with Crippen LogP contribution < -0.4 is 10.5 Å². The van der Waals surface area contributed by atoms with Crippen LogP contribution in [-0.2, 0) is 12.8 Å². The fourth-order valence-electron chi connectivity index (χ4n) is 1.95. The molecule has 2 nitrogen and oxygen atoms in total. The maximum Gasteiger partial charge on any atom is 0.122 e. The monoisotopic (exact) mass is 311 g/mol. The second-order valence-corrected chi connectivity index (χ2v) is 4.81. The molecule has 0 spiro atoms. The molecule has 0 unspecified atom stereocenters. The van der Waals surface area contributed by atoms with E-state index in [4.69, 9.17) is 22.1 Å². The Labute approximate surface area is 131 Å². The van der Waals surface area contributed by atoms with E-state index in [2.05, 4.69) is 18.2 Å². The number of halogens is 2. The third kappa shape index (κ3) is 5.04. The highest BCUT2D eigenvalue weighted by atomic mass is 35.5. The number of rotatable bonds is 6. The van der Waals surface area contributed by atoms with Crippen molar-refractivity contribution in [2.45, 2.75) is 12.8 Å². The van der Waals surface area contributed by atoms with E-state index in [1.54, 1.807) is 0 Å². The molecule has 0 atom stereocenters. The average Bonchev–Trinajstić information content (AvgIpc) is 2.45. The van der Waals surface area contributed by atoms with Crippen LogP contribution in [0.3, 0.4) is 0 Å². The van der Waals surface area contributed by atoms with Crippen molar-refractivity contribution in [2.24, 2.45) is 5.73 Å². The summed E-state index contributed by atoms with van der Waals surface area (Å²) in [4.78, 5) is 0. The topological polar surface area (TPSA) is 35.2 Å². The summed E-state index contributed by atoms with van der Waals surface area (Å²) < 4.78 is 5.65. The minimum Gasteiger partial charge on any atom is -0.492 e. The number of para-hydroxylation sites is 1. The second-order valence-electron chi connectivity index (χ2n) is 4.37. The van der Waals surface area contributed by atoms with Gasteiger partial charge >= 0.3 is 0 Å². The molecule has 0 aromatic heterocycles. The number of hydrogen-bond donors (Lipinski definition) is 1. The van der Waals surface area contributed by atoms with E-state index in [1.807, 2.05) is 30.3 Å². The van der Waals surface area contributed by atoms with E-state index in [0.29, 0.717) is 13.2 Å². The summed E-state index contributed by atoms with van der Waals surface area (Å²) in [7, 11) is 0. The first-order chi connectivity index (χ1) is 9.29. The third-order valence-electron chi connectivity index (χ3n) is 2.94. The van der Waals surface area contributed by atoms with Gasteiger partial charge < -0.3 is 10.5 Å². The van der Waals surface area contributed by atoms with Gasteiger partial charge in [-0.15, -0.1) is 12.4 Å². The van der Waals surface area contributed by atoms with Gasteiger partial charge in [0.15, 0.2) is 0 Å². The highest BCUT2D eigenvalue weighted by Crippen LogP contribution is 2.20. The van der Waals surface area contributed by atoms with Gasteiger partial charge in [-0.1, -0.05) is 41.9 Å². The van der Waals surface area contributed by atoms with Gasteiger partial charge in [0.2, 0.25) is 0 Å². The molecule has 2 rings (SSSR count). The van der Waals surface area contributed by atoms with Gasteiger partial charge in [-0.2, -0.15) is 0 Å². The molecule has 2 N–H and O–H groups in total. The van der Waals surface area contributed by atoms with Gasteiger partial charge in [0.25, 0.3) is 0 Å². The van der Waals surface area contributed by atoms with Crippen molar-refractivity contribution in [3.8, 4) is 5.75 Å². The maximum absolute atomic E-state index is 5.88. The lowest BCUT2D eigenvalue weighted by Gasteiger charge is -2.10. The average molecular weight is 312 g/mol. The molecule has 0 saturated carbocycles. The normalized spacial score (nSPS) is 9.90. The second kappa shape index (κ2) is 8.85. The Bertz CT molecular complexity index is 514. The minimum absolute atomic E-state index is 0. The van der Waals surface area contributed by atoms with Gasteiger partial charge in [-0.3, -0.25) is 0 Å². The van der Waals surface area contributed by atoms with Crippen molar-refractivity contribution in [3.63, 3.8) is 0 Å². The number of hydrogen-bond acceptors (Lipinski definition) is 2. The first-order valence-corrected chi connectivity index (χ1v) is 6.82. The molecule has 0 radical (unpaired) electrons. The van der Waals surface area contributed by atoms with Gasteiger partial charge in [-0.05, 0) is 42.2 Å². The molecule has 4 heteroatoms. The summed E-state index contributed by atoms with van der Waals surface area (Å²) in [6.45, 7) is 1.09. The lowest BCUT2D eigenvalue weighted by Crippen LogP contribution is -2.11. The van der Waals surface area contributed by atoms with Crippen LogP contribution in [0.1, 0.15) is 11.1 Å². The van der Waals surface area contributed by atoms with Crippen LogP contribution in [0.4, 0.5) is 0 Å². The molecule has 2 aromatic carbocycles. The van der Waals surface area contributed by atoms with Crippen LogP contribution in [-0.4, -0.2) is 13.2 Å². The molecule has 0 aliphatic rings. The molecular formula is C16H19Cl2NO. The molecule has 0 aliphatic heterocycles. The SMILES string of the molecule is Cl.NCCOc1ccccc1CCc1ccc(Cl)cc1. The van der Waals surface area contributed by atoms with Crippen molar-refractivity contribution >= 4 is 24.0 Å². The Balaban J connectivity index is 0.00000200. The number of aryl methyl sites for hydroxylation is 2. The van der Waals surface area contributed by atoms with E-state index < -0.39 is 0 Å². The maximum atomic E-state index is 5.88. The largest absolute Gasteiger partial charge is 0.492 e. The van der Waals surface area contributed by atoms with Gasteiger partial charge in [0.05, 0.1) is 0 Å². The van der Waals surface area contributed by atoms with Gasteiger partial charge in [0, 0.05) is 11.6 Å². The summed E-state index contributed by atoms with van der Waals surface area (Å²) >= 11 is 5.88. The van der Waals surface area contributed by atoms with Crippen molar-refractivity contribution in [2.75, 3.05) is 13.2 Å². The lowest BCUT2D eigenvalue weighted by molar-refractivity contribution is 0.325. The lowest BCUT2D eigenvalue weighted by atomic mass is 10.0. The summed E-state index contributed by atoms with van der Waals surface area (Å²) in [6, 6.07) is 16.1. The zero-order valence-corrected chi connectivity index (χ0v) is 12.8. The molecular weight excluding hydrogens is 293 g/mol. The van der Waals surface area contributed by atoms with Crippen molar-refractivity contribution < 1.29 is 4.74 Å². The van der Waals surface area contributed by atoms with Crippen LogP contribution in [0, 0.1) is 0 Å². The van der Waals surface area contributed by atoms with E-state index in [-0.39, 0.29) is 12.4 Å². The number of benzene rings is 2. The zero-order chi connectivity index (χ0) is 13.5. The van der Waals surface area contributed by atoms with Gasteiger partial charge in [0.1, 0.15) is 12.4 Å². The Hall–Kier alpha value is -1.22. The Morgan fingerprint density at radius 2 is 1.65 bits per heavy atom. The van der Waals surface area contributed by atoms with Crippen LogP contribution in [0.2, 0.25) is 5.02 Å². The molecule has 0 heterocycles. The summed E-state index contributed by atoms with van der Waals surface area (Å²) in [5, 5.41) is 0.774. The van der Waals surface area contributed by atoms with E-state index >= 15 is 0 Å². The fourth-order valence-corrected chi connectivity index (χ4v) is 2.08. The first kappa shape index (κ1) is 16.8. The summed E-state index contributed by atoms with van der Waals surface area (Å²) in [5.74, 6) is 0.932. The zero-order valence-electron chi connectivity index (χ0n) is 11.2. The van der Waals surface area contributed by atoms with E-state index in [1.165, 1.54) is 11.1 Å². The smallest absolute Gasteiger partial charge is 0.122 e. The first-order valence-electron chi connectivity index (χ1n) is 6.45. The molecule has 0 aliphatic carbocycles. The molecule has 0 fully saturated rings. The van der Waals surface area contributed by atoms with Crippen LogP contribution in [0.5, 0.6) is 5.75 Å². The van der Waals surface area contributed by atoms with Crippen molar-refractivity contribution in [1.29, 1.82) is 0 Å². The highest BCUT2D eigenvalue weighted by molar-refractivity contribution is 6.30. The Kier molecular flexibility index (Phi) is 7.45. The molecule has 0 bridgehead atoms. The Morgan fingerprint density at radius 1 is 0.950 bits per heavy atom. The summed E-state index contributed by atoms with van der Waals surface area (Å²) in [5.41, 5.74) is 7.96. The molecule has 0 amide bonds. The van der Waals surface area contributed by atoms with Crippen LogP contribution in [0.25, 0.3) is 0 Å². The fraction of sp³-hybridized carbons (Fsp3) is 0.250. The predicted octanol–water partition coefficient (Wildman–Crippen LogP) is 3.88. The van der Waals surface area contributed by atoms with Crippen molar-refractivity contribution in [1.82, 2.24) is 0 Å².